The fourth-order valence-corrected chi connectivity index (χ4v) is 3.68. The van der Waals surface area contributed by atoms with Crippen LogP contribution in [-0.4, -0.2) is 34.2 Å². The number of hydrogen-bond acceptors (Lipinski definition) is 4. The number of pyridine rings is 1. The van der Waals surface area contributed by atoms with Crippen LogP contribution < -0.4 is 10.2 Å². The van der Waals surface area contributed by atoms with E-state index in [0.717, 1.165) is 45.0 Å². The van der Waals surface area contributed by atoms with Crippen LogP contribution in [0.4, 0.5) is 5.82 Å². The lowest BCUT2D eigenvalue weighted by molar-refractivity contribution is 0.347. The third-order valence-corrected chi connectivity index (χ3v) is 5.03. The quantitative estimate of drug-likeness (QED) is 0.920. The van der Waals surface area contributed by atoms with Crippen LogP contribution in [0.3, 0.4) is 0 Å². The van der Waals surface area contributed by atoms with E-state index in [1.165, 1.54) is 30.7 Å². The highest BCUT2D eigenvalue weighted by Gasteiger charge is 2.18. The summed E-state index contributed by atoms with van der Waals surface area (Å²) in [4.78, 5) is 11.4. The Morgan fingerprint density at radius 3 is 2.91 bits per heavy atom. The van der Waals surface area contributed by atoms with Gasteiger partial charge in [0.1, 0.15) is 11.6 Å². The molecule has 0 saturated carbocycles. The summed E-state index contributed by atoms with van der Waals surface area (Å²) in [5.74, 6) is 3.07. The predicted octanol–water partition coefficient (Wildman–Crippen LogP) is 2.23. The molecule has 5 heteroatoms. The highest BCUT2D eigenvalue weighted by molar-refractivity contribution is 5.40. The standard InChI is InChI=1S/C18H25N5/c1-2-9-22(8-1)18-5-3-15(13-21-18)11-19-12-16-4-6-17-20-7-10-23(17)14-16/h3,5,7,10,13,16,19H,1-2,4,6,8-9,11-12,14H2. The van der Waals surface area contributed by atoms with Crippen molar-refractivity contribution in [2.24, 2.45) is 5.92 Å². The molecular formula is C18H25N5. The van der Waals surface area contributed by atoms with Crippen LogP contribution in [0.2, 0.25) is 0 Å². The lowest BCUT2D eigenvalue weighted by Gasteiger charge is -2.24. The van der Waals surface area contributed by atoms with Crippen LogP contribution in [-0.2, 0) is 19.5 Å². The van der Waals surface area contributed by atoms with Gasteiger partial charge in [-0.1, -0.05) is 6.07 Å². The number of hydrogen-bond donors (Lipinski definition) is 1. The molecule has 5 nitrogen and oxygen atoms in total. The van der Waals surface area contributed by atoms with Crippen molar-refractivity contribution in [3.63, 3.8) is 0 Å². The van der Waals surface area contributed by atoms with Crippen LogP contribution in [0.1, 0.15) is 30.7 Å². The van der Waals surface area contributed by atoms with Gasteiger partial charge in [-0.05, 0) is 43.4 Å². The highest BCUT2D eigenvalue weighted by Crippen LogP contribution is 2.19. The van der Waals surface area contributed by atoms with E-state index in [9.17, 15) is 0 Å². The number of nitrogens with one attached hydrogen (secondary N) is 1. The van der Waals surface area contributed by atoms with Gasteiger partial charge in [0.25, 0.3) is 0 Å². The Bertz CT molecular complexity index is 627. The van der Waals surface area contributed by atoms with E-state index in [0.29, 0.717) is 5.92 Å². The lowest BCUT2D eigenvalue weighted by atomic mass is 9.99. The fourth-order valence-electron chi connectivity index (χ4n) is 3.68. The van der Waals surface area contributed by atoms with Gasteiger partial charge in [-0.2, -0.15) is 0 Å². The summed E-state index contributed by atoms with van der Waals surface area (Å²) in [6.45, 7) is 5.37. The average molecular weight is 311 g/mol. The maximum atomic E-state index is 4.62. The van der Waals surface area contributed by atoms with Gasteiger partial charge in [0.2, 0.25) is 0 Å². The Morgan fingerprint density at radius 2 is 2.09 bits per heavy atom. The zero-order valence-electron chi connectivity index (χ0n) is 13.6. The van der Waals surface area contributed by atoms with Crippen molar-refractivity contribution in [1.29, 1.82) is 0 Å². The molecule has 1 N–H and O–H groups in total. The number of rotatable bonds is 5. The Morgan fingerprint density at radius 1 is 1.17 bits per heavy atom. The molecular weight excluding hydrogens is 286 g/mol. The summed E-state index contributed by atoms with van der Waals surface area (Å²) in [7, 11) is 0. The molecule has 2 aromatic heterocycles. The molecule has 122 valence electrons. The Balaban J connectivity index is 1.25. The molecule has 4 rings (SSSR count). The summed E-state index contributed by atoms with van der Waals surface area (Å²) in [5.41, 5.74) is 1.27. The van der Waals surface area contributed by atoms with Crippen molar-refractivity contribution in [3.05, 3.63) is 42.1 Å². The van der Waals surface area contributed by atoms with Crippen molar-refractivity contribution in [2.75, 3.05) is 24.5 Å². The number of fused-ring (bicyclic) bond motifs is 1. The molecule has 0 aliphatic carbocycles. The molecule has 2 aromatic rings. The SMILES string of the molecule is c1cn2c(n1)CCC(CNCc1ccc(N3CCCC3)nc1)C2. The number of anilines is 1. The van der Waals surface area contributed by atoms with Gasteiger partial charge >= 0.3 is 0 Å². The van der Waals surface area contributed by atoms with E-state index in [2.05, 4.69) is 43.1 Å². The normalized spacial score (nSPS) is 20.7. The molecule has 4 heterocycles. The summed E-state index contributed by atoms with van der Waals surface area (Å²) in [6.07, 6.45) is 11.0. The minimum absolute atomic E-state index is 0.702. The highest BCUT2D eigenvalue weighted by atomic mass is 15.2. The first kappa shape index (κ1) is 14.7. The molecule has 2 aliphatic heterocycles. The van der Waals surface area contributed by atoms with Gasteiger partial charge in [0.15, 0.2) is 0 Å². The number of imidazole rings is 1. The second-order valence-corrected chi connectivity index (χ2v) is 6.75. The Hall–Kier alpha value is -1.88. The van der Waals surface area contributed by atoms with E-state index in [-0.39, 0.29) is 0 Å². The molecule has 1 saturated heterocycles. The minimum atomic E-state index is 0.702. The van der Waals surface area contributed by atoms with Gasteiger partial charge in [-0.25, -0.2) is 9.97 Å². The van der Waals surface area contributed by atoms with E-state index in [4.69, 9.17) is 0 Å². The van der Waals surface area contributed by atoms with Crippen LogP contribution >= 0.6 is 0 Å². The smallest absolute Gasteiger partial charge is 0.128 e. The zero-order valence-corrected chi connectivity index (χ0v) is 13.6. The molecule has 1 atom stereocenters. The second-order valence-electron chi connectivity index (χ2n) is 6.75. The monoisotopic (exact) mass is 311 g/mol. The largest absolute Gasteiger partial charge is 0.357 e. The summed E-state index contributed by atoms with van der Waals surface area (Å²) < 4.78 is 2.29. The first-order valence-electron chi connectivity index (χ1n) is 8.79. The first-order chi connectivity index (χ1) is 11.4. The van der Waals surface area contributed by atoms with E-state index in [1.54, 1.807) is 0 Å². The summed E-state index contributed by atoms with van der Waals surface area (Å²) >= 11 is 0. The zero-order chi connectivity index (χ0) is 15.5. The lowest BCUT2D eigenvalue weighted by Crippen LogP contribution is -2.29. The van der Waals surface area contributed by atoms with Gasteiger partial charge in [-0.3, -0.25) is 0 Å². The third-order valence-electron chi connectivity index (χ3n) is 5.03. The summed E-state index contributed by atoms with van der Waals surface area (Å²) in [5, 5.41) is 3.60. The summed E-state index contributed by atoms with van der Waals surface area (Å²) in [6, 6.07) is 4.38. The number of nitrogens with zero attached hydrogens (tertiary/aromatic N) is 4. The van der Waals surface area contributed by atoms with Gasteiger partial charge in [0, 0.05) is 51.2 Å². The fraction of sp³-hybridized carbons (Fsp3) is 0.556. The Kier molecular flexibility index (Phi) is 4.28. The molecule has 2 aliphatic rings. The van der Waals surface area contributed by atoms with Crippen molar-refractivity contribution < 1.29 is 0 Å². The molecule has 0 amide bonds. The minimum Gasteiger partial charge on any atom is -0.357 e. The maximum absolute atomic E-state index is 4.62. The third kappa shape index (κ3) is 3.39. The number of aromatic nitrogens is 3. The number of aryl methyl sites for hydroxylation is 1. The van der Waals surface area contributed by atoms with Crippen molar-refractivity contribution >= 4 is 5.82 Å². The molecule has 1 fully saturated rings. The van der Waals surface area contributed by atoms with Crippen LogP contribution in [0, 0.1) is 5.92 Å². The first-order valence-corrected chi connectivity index (χ1v) is 8.79. The Labute approximate surface area is 137 Å². The maximum Gasteiger partial charge on any atom is 0.128 e. The van der Waals surface area contributed by atoms with Crippen molar-refractivity contribution in [1.82, 2.24) is 19.9 Å². The topological polar surface area (TPSA) is 46.0 Å². The van der Waals surface area contributed by atoms with Crippen LogP contribution in [0.15, 0.2) is 30.7 Å². The van der Waals surface area contributed by atoms with Crippen LogP contribution in [0.25, 0.3) is 0 Å². The molecule has 0 bridgehead atoms. The molecule has 0 radical (unpaired) electrons. The molecule has 1 unspecified atom stereocenters. The van der Waals surface area contributed by atoms with Crippen LogP contribution in [0.5, 0.6) is 0 Å². The van der Waals surface area contributed by atoms with Gasteiger partial charge < -0.3 is 14.8 Å². The van der Waals surface area contributed by atoms with Crippen molar-refractivity contribution in [2.45, 2.75) is 38.8 Å². The molecule has 0 aromatic carbocycles. The molecule has 23 heavy (non-hydrogen) atoms. The average Bonchev–Trinajstić information content (AvgIpc) is 3.27. The second kappa shape index (κ2) is 6.71. The predicted molar refractivity (Wildman–Crippen MR) is 91.4 cm³/mol. The van der Waals surface area contributed by atoms with E-state index >= 15 is 0 Å². The van der Waals surface area contributed by atoms with Gasteiger partial charge in [-0.15, -0.1) is 0 Å². The molecule has 0 spiro atoms. The van der Waals surface area contributed by atoms with Gasteiger partial charge in [0.05, 0.1) is 0 Å². The van der Waals surface area contributed by atoms with E-state index in [1.807, 2.05) is 12.4 Å². The van der Waals surface area contributed by atoms with E-state index < -0.39 is 0 Å². The van der Waals surface area contributed by atoms with Crippen molar-refractivity contribution in [3.8, 4) is 0 Å².